The van der Waals surface area contributed by atoms with Crippen molar-refractivity contribution in [2.75, 3.05) is 63.4 Å². The molecule has 1 aromatic heterocycles. The predicted octanol–water partition coefficient (Wildman–Crippen LogP) is 4.01. The van der Waals surface area contributed by atoms with Crippen LogP contribution in [0, 0.1) is 0 Å². The van der Waals surface area contributed by atoms with Gasteiger partial charge in [0, 0.05) is 62.2 Å². The van der Waals surface area contributed by atoms with Crippen LogP contribution in [0.4, 0.5) is 11.4 Å². The second-order valence-corrected chi connectivity index (χ2v) is 12.9. The number of ether oxygens (including phenoxy) is 2. The SMILES string of the molecule is CN(C)c1ccc2nc(C3C(=O)c4cc5c(cc4C3=O)C(=O)N(c3cc(OCCN4CCOCC4)ccc3C3=CC=CC3)C5=O)[nH]c(=O)c2c1. The molecule has 0 spiro atoms. The minimum absolute atomic E-state index is 0.00979. The van der Waals surface area contributed by atoms with Gasteiger partial charge >= 0.3 is 0 Å². The van der Waals surface area contributed by atoms with Crippen molar-refractivity contribution < 1.29 is 28.7 Å². The van der Waals surface area contributed by atoms with Gasteiger partial charge in [0.2, 0.25) is 0 Å². The van der Waals surface area contributed by atoms with E-state index in [1.807, 2.05) is 49.4 Å². The smallest absolute Gasteiger partial charge is 0.266 e. The quantitative estimate of drug-likeness (QED) is 0.216. The molecule has 3 aromatic carbocycles. The molecule has 1 N–H and O–H groups in total. The number of nitrogens with zero attached hydrogens (tertiary/aromatic N) is 4. The number of Topliss-reactive ketones (excluding diaryl/α,β-unsaturated/α-hetero) is 2. The first-order valence-corrected chi connectivity index (χ1v) is 16.5. The van der Waals surface area contributed by atoms with Crippen LogP contribution in [0.25, 0.3) is 16.5 Å². The molecule has 4 aliphatic rings. The van der Waals surface area contributed by atoms with Gasteiger partial charge in [-0.2, -0.15) is 0 Å². The number of allylic oxidation sites excluding steroid dienone is 4. The van der Waals surface area contributed by atoms with Crippen molar-refractivity contribution in [2.24, 2.45) is 0 Å². The van der Waals surface area contributed by atoms with E-state index in [1.165, 1.54) is 12.1 Å². The number of rotatable bonds is 8. The van der Waals surface area contributed by atoms with E-state index in [0.29, 0.717) is 60.7 Å². The largest absolute Gasteiger partial charge is 0.492 e. The molecule has 12 heteroatoms. The van der Waals surface area contributed by atoms with Crippen LogP contribution in [0.15, 0.2) is 71.6 Å². The Labute approximate surface area is 286 Å². The molecule has 1 saturated heterocycles. The number of carbonyl (C=O) groups excluding carboxylic acids is 4. The van der Waals surface area contributed by atoms with Gasteiger partial charge in [0.25, 0.3) is 17.4 Å². The van der Waals surface area contributed by atoms with Crippen molar-refractivity contribution in [1.29, 1.82) is 0 Å². The number of imide groups is 1. The first-order chi connectivity index (χ1) is 24.2. The van der Waals surface area contributed by atoms with Gasteiger partial charge in [-0.3, -0.25) is 28.9 Å². The fourth-order valence-corrected chi connectivity index (χ4v) is 6.97. The predicted molar refractivity (Wildman–Crippen MR) is 187 cm³/mol. The Morgan fingerprint density at radius 2 is 1.60 bits per heavy atom. The zero-order chi connectivity index (χ0) is 34.7. The summed E-state index contributed by atoms with van der Waals surface area (Å²) in [6.45, 7) is 4.14. The van der Waals surface area contributed by atoms with Crippen LogP contribution in [0.1, 0.15) is 65.2 Å². The van der Waals surface area contributed by atoms with Crippen molar-refractivity contribution in [1.82, 2.24) is 14.9 Å². The van der Waals surface area contributed by atoms with Crippen LogP contribution < -0.4 is 20.1 Å². The Morgan fingerprint density at radius 1 is 0.880 bits per heavy atom. The summed E-state index contributed by atoms with van der Waals surface area (Å²) in [4.78, 5) is 81.1. The van der Waals surface area contributed by atoms with Gasteiger partial charge in [-0.25, -0.2) is 9.88 Å². The van der Waals surface area contributed by atoms with Crippen molar-refractivity contribution in [3.8, 4) is 5.75 Å². The van der Waals surface area contributed by atoms with Gasteiger partial charge in [-0.1, -0.05) is 18.2 Å². The van der Waals surface area contributed by atoms with E-state index in [2.05, 4.69) is 14.9 Å². The molecule has 0 atom stereocenters. The fraction of sp³-hybridized carbons (Fsp3) is 0.263. The number of ketones is 2. The third kappa shape index (κ3) is 5.24. The molecule has 50 heavy (non-hydrogen) atoms. The lowest BCUT2D eigenvalue weighted by molar-refractivity contribution is 0.0322. The summed E-state index contributed by atoms with van der Waals surface area (Å²) in [6, 6.07) is 13.2. The fourth-order valence-electron chi connectivity index (χ4n) is 6.97. The number of aromatic amines is 1. The van der Waals surface area contributed by atoms with Crippen LogP contribution in [-0.2, 0) is 4.74 Å². The van der Waals surface area contributed by atoms with E-state index in [4.69, 9.17) is 9.47 Å². The maximum atomic E-state index is 14.1. The van der Waals surface area contributed by atoms with E-state index in [1.54, 1.807) is 24.3 Å². The van der Waals surface area contributed by atoms with Gasteiger partial charge < -0.3 is 19.4 Å². The van der Waals surface area contributed by atoms with Crippen LogP contribution in [0.5, 0.6) is 5.75 Å². The second kappa shape index (κ2) is 12.3. The Balaban J connectivity index is 1.10. The molecule has 0 unspecified atom stereocenters. The second-order valence-electron chi connectivity index (χ2n) is 12.9. The minimum atomic E-state index is -1.40. The number of nitrogens with one attached hydrogen (secondary N) is 1. The highest BCUT2D eigenvalue weighted by Gasteiger charge is 2.46. The number of anilines is 2. The first-order valence-electron chi connectivity index (χ1n) is 16.5. The number of morpholine rings is 1. The lowest BCUT2D eigenvalue weighted by atomic mass is 10.0. The third-order valence-corrected chi connectivity index (χ3v) is 9.68. The number of benzene rings is 3. The molecular formula is C38H33N5O7. The van der Waals surface area contributed by atoms with Gasteiger partial charge in [0.1, 0.15) is 24.1 Å². The number of carbonyl (C=O) groups is 4. The van der Waals surface area contributed by atoms with Crippen LogP contribution in [0.3, 0.4) is 0 Å². The highest BCUT2D eigenvalue weighted by atomic mass is 16.5. The van der Waals surface area contributed by atoms with Crippen molar-refractivity contribution in [3.63, 3.8) is 0 Å². The molecule has 2 aliphatic carbocycles. The number of fused-ring (bicyclic) bond motifs is 3. The lowest BCUT2D eigenvalue weighted by Crippen LogP contribution is -2.38. The first kappa shape index (κ1) is 31.5. The molecule has 0 saturated carbocycles. The highest BCUT2D eigenvalue weighted by molar-refractivity contribution is 6.37. The number of H-pyrrole nitrogens is 1. The van der Waals surface area contributed by atoms with Gasteiger partial charge in [0.05, 0.1) is 40.9 Å². The van der Waals surface area contributed by atoms with Crippen molar-refractivity contribution in [3.05, 3.63) is 111 Å². The van der Waals surface area contributed by atoms with Gasteiger partial charge in [0.15, 0.2) is 11.6 Å². The van der Waals surface area contributed by atoms with Gasteiger partial charge in [-0.15, -0.1) is 0 Å². The molecule has 4 aromatic rings. The molecule has 0 radical (unpaired) electrons. The summed E-state index contributed by atoms with van der Waals surface area (Å²) in [6.07, 6.45) is 6.48. The summed E-state index contributed by atoms with van der Waals surface area (Å²) in [5.41, 5.74) is 2.71. The molecule has 2 amide bonds. The summed E-state index contributed by atoms with van der Waals surface area (Å²) in [5, 5.41) is 0.320. The van der Waals surface area contributed by atoms with Crippen molar-refractivity contribution >= 4 is 51.2 Å². The average molecular weight is 672 g/mol. The molecular weight excluding hydrogens is 638 g/mol. The van der Waals surface area contributed by atoms with Crippen LogP contribution in [0.2, 0.25) is 0 Å². The Bertz CT molecular complexity index is 2210. The Hall–Kier alpha value is -5.72. The zero-order valence-electron chi connectivity index (χ0n) is 27.5. The van der Waals surface area contributed by atoms with E-state index >= 15 is 0 Å². The molecule has 1 fully saturated rings. The summed E-state index contributed by atoms with van der Waals surface area (Å²) >= 11 is 0. The van der Waals surface area contributed by atoms with E-state index in [-0.39, 0.29) is 28.1 Å². The number of amides is 2. The molecule has 252 valence electrons. The Morgan fingerprint density at radius 3 is 2.26 bits per heavy atom. The normalized spacial score (nSPS) is 17.6. The zero-order valence-corrected chi connectivity index (χ0v) is 27.5. The third-order valence-electron chi connectivity index (χ3n) is 9.68. The van der Waals surface area contributed by atoms with Crippen LogP contribution >= 0.6 is 0 Å². The van der Waals surface area contributed by atoms with E-state index < -0.39 is 34.9 Å². The summed E-state index contributed by atoms with van der Waals surface area (Å²) in [5.74, 6) is -3.40. The minimum Gasteiger partial charge on any atom is -0.492 e. The number of hydrogen-bond acceptors (Lipinski definition) is 10. The molecule has 0 bridgehead atoms. The van der Waals surface area contributed by atoms with Crippen molar-refractivity contribution in [2.45, 2.75) is 12.3 Å². The molecule has 8 rings (SSSR count). The molecule has 2 aliphatic heterocycles. The topological polar surface area (TPSA) is 142 Å². The number of aromatic nitrogens is 2. The molecule has 12 nitrogen and oxygen atoms in total. The van der Waals surface area contributed by atoms with E-state index in [9.17, 15) is 24.0 Å². The Kier molecular flexibility index (Phi) is 7.77. The lowest BCUT2D eigenvalue weighted by Gasteiger charge is -2.26. The number of hydrogen-bond donors (Lipinski definition) is 1. The highest BCUT2D eigenvalue weighted by Crippen LogP contribution is 2.41. The summed E-state index contributed by atoms with van der Waals surface area (Å²) < 4.78 is 11.5. The summed E-state index contributed by atoms with van der Waals surface area (Å²) in [7, 11) is 3.69. The van der Waals surface area contributed by atoms with Crippen LogP contribution in [-0.4, -0.2) is 91.8 Å². The van der Waals surface area contributed by atoms with Gasteiger partial charge in [-0.05, 0) is 54.5 Å². The maximum absolute atomic E-state index is 14.1. The molecule has 3 heterocycles. The average Bonchev–Trinajstić information content (AvgIpc) is 3.80. The maximum Gasteiger partial charge on any atom is 0.266 e. The standard InChI is InChI=1S/C38H33N5O7/c1-41(2)22-7-10-30-29(17-22)36(46)40-35(39-30)32-33(44)25-19-27-28(20-26(25)34(32)45)38(48)43(37(27)47)31-18-23(8-9-24(31)21-5-3-4-6-21)50-16-13-42-11-14-49-15-12-42/h3-5,7-10,17-20,32H,6,11-16H2,1-2H3,(H,39,40,46). The monoisotopic (exact) mass is 671 g/mol. The van der Waals surface area contributed by atoms with E-state index in [0.717, 1.165) is 29.2 Å².